The van der Waals surface area contributed by atoms with Crippen LogP contribution in [0.2, 0.25) is 0 Å². The van der Waals surface area contributed by atoms with Crippen LogP contribution in [0.15, 0.2) is 11.1 Å². The fraction of sp³-hybridized carbons (Fsp3) is 0.857. The van der Waals surface area contributed by atoms with E-state index in [1.807, 2.05) is 0 Å². The highest BCUT2D eigenvalue weighted by molar-refractivity contribution is 5.32. The van der Waals surface area contributed by atoms with Gasteiger partial charge in [0.05, 0.1) is 0 Å². The zero-order valence-electron chi connectivity index (χ0n) is 9.29. The molecule has 0 aromatic carbocycles. The van der Waals surface area contributed by atoms with Crippen LogP contribution in [0.1, 0.15) is 39.5 Å². The van der Waals surface area contributed by atoms with Crippen molar-refractivity contribution in [1.29, 1.82) is 0 Å². The standard InChI is InChI=1S/C14H20/c1-7-8(2)12-6-11(7)13-9-3-4-10(5-9)14(12)13/h9-14H,3-6H2,1-2H3. The molecule has 0 aliphatic heterocycles. The van der Waals surface area contributed by atoms with E-state index >= 15 is 0 Å². The third-order valence-electron chi connectivity index (χ3n) is 6.22. The van der Waals surface area contributed by atoms with Crippen LogP contribution in [0.25, 0.3) is 0 Å². The third kappa shape index (κ3) is 0.677. The molecule has 0 spiro atoms. The molecule has 0 heteroatoms. The molecule has 4 aliphatic carbocycles. The van der Waals surface area contributed by atoms with Crippen LogP contribution in [0, 0.1) is 35.5 Å². The number of allylic oxidation sites excluding steroid dienone is 2. The summed E-state index contributed by atoms with van der Waals surface area (Å²) in [5.74, 6) is 6.62. The van der Waals surface area contributed by atoms with Gasteiger partial charge < -0.3 is 0 Å². The first-order valence-corrected chi connectivity index (χ1v) is 6.44. The van der Waals surface area contributed by atoms with Crippen LogP contribution in [-0.4, -0.2) is 0 Å². The normalized spacial score (nSPS) is 58.7. The summed E-state index contributed by atoms with van der Waals surface area (Å²) in [5, 5.41) is 0. The van der Waals surface area contributed by atoms with Gasteiger partial charge >= 0.3 is 0 Å². The van der Waals surface area contributed by atoms with E-state index < -0.39 is 0 Å². The smallest absolute Gasteiger partial charge is 0.0164 e. The van der Waals surface area contributed by atoms with Crippen molar-refractivity contribution in [2.75, 3.05) is 0 Å². The monoisotopic (exact) mass is 188 g/mol. The van der Waals surface area contributed by atoms with Gasteiger partial charge in [-0.1, -0.05) is 11.1 Å². The van der Waals surface area contributed by atoms with Gasteiger partial charge in [0.2, 0.25) is 0 Å². The Hall–Kier alpha value is -0.260. The minimum atomic E-state index is 1.03. The van der Waals surface area contributed by atoms with Gasteiger partial charge in [-0.15, -0.1) is 0 Å². The number of hydrogen-bond donors (Lipinski definition) is 0. The zero-order valence-corrected chi connectivity index (χ0v) is 9.29. The Morgan fingerprint density at radius 3 is 1.79 bits per heavy atom. The Labute approximate surface area is 86.8 Å². The molecule has 0 radical (unpaired) electrons. The lowest BCUT2D eigenvalue weighted by Crippen LogP contribution is -2.28. The maximum atomic E-state index is 2.42. The first kappa shape index (κ1) is 7.96. The van der Waals surface area contributed by atoms with Gasteiger partial charge in [0.1, 0.15) is 0 Å². The molecule has 6 unspecified atom stereocenters. The van der Waals surface area contributed by atoms with Gasteiger partial charge in [-0.2, -0.15) is 0 Å². The van der Waals surface area contributed by atoms with Crippen LogP contribution in [-0.2, 0) is 0 Å². The van der Waals surface area contributed by atoms with Crippen molar-refractivity contribution in [3.8, 4) is 0 Å². The topological polar surface area (TPSA) is 0 Å². The average molecular weight is 188 g/mol. The Kier molecular flexibility index (Phi) is 1.30. The SMILES string of the molecule is CC1=C(C)C2CC1C1C3CCC(C3)C21. The highest BCUT2D eigenvalue weighted by Crippen LogP contribution is 2.68. The molecule has 0 aromatic heterocycles. The van der Waals surface area contributed by atoms with Crippen LogP contribution >= 0.6 is 0 Å². The Balaban J connectivity index is 1.82. The maximum Gasteiger partial charge on any atom is -0.0164 e. The second-order valence-electron chi connectivity index (χ2n) is 6.30. The molecule has 0 aromatic rings. The summed E-state index contributed by atoms with van der Waals surface area (Å²) in [6.45, 7) is 4.84. The Morgan fingerprint density at radius 2 is 1.29 bits per heavy atom. The molecule has 0 nitrogen and oxygen atoms in total. The van der Waals surface area contributed by atoms with Crippen LogP contribution < -0.4 is 0 Å². The number of rotatable bonds is 0. The summed E-state index contributed by atoms with van der Waals surface area (Å²) < 4.78 is 0. The second kappa shape index (κ2) is 2.28. The predicted octanol–water partition coefficient (Wildman–Crippen LogP) is 3.63. The molecule has 3 fully saturated rings. The van der Waals surface area contributed by atoms with Crippen molar-refractivity contribution in [3.05, 3.63) is 11.1 Å². The summed E-state index contributed by atoms with van der Waals surface area (Å²) in [6, 6.07) is 0. The summed E-state index contributed by atoms with van der Waals surface area (Å²) in [7, 11) is 0. The molecule has 0 amide bonds. The molecule has 14 heavy (non-hydrogen) atoms. The minimum Gasteiger partial charge on any atom is -0.0707 e. The van der Waals surface area contributed by atoms with Crippen molar-refractivity contribution in [3.63, 3.8) is 0 Å². The quantitative estimate of drug-likeness (QED) is 0.402. The molecule has 6 atom stereocenters. The molecule has 4 rings (SSSR count). The first-order valence-electron chi connectivity index (χ1n) is 6.44. The average Bonchev–Trinajstić information content (AvgIpc) is 2.87. The van der Waals surface area contributed by atoms with Crippen LogP contribution in [0.4, 0.5) is 0 Å². The van der Waals surface area contributed by atoms with E-state index in [4.69, 9.17) is 0 Å². The van der Waals surface area contributed by atoms with E-state index in [1.54, 1.807) is 36.8 Å². The summed E-state index contributed by atoms with van der Waals surface area (Å²) in [6.07, 6.45) is 6.28. The highest BCUT2D eigenvalue weighted by atomic mass is 14.6. The molecule has 76 valence electrons. The molecule has 4 aliphatic rings. The second-order valence-corrected chi connectivity index (χ2v) is 6.30. The van der Waals surface area contributed by atoms with Gasteiger partial charge in [0.25, 0.3) is 0 Å². The van der Waals surface area contributed by atoms with Gasteiger partial charge in [-0.3, -0.25) is 0 Å². The fourth-order valence-corrected chi connectivity index (χ4v) is 5.68. The van der Waals surface area contributed by atoms with E-state index in [-0.39, 0.29) is 0 Å². The van der Waals surface area contributed by atoms with Crippen molar-refractivity contribution < 1.29 is 0 Å². The third-order valence-corrected chi connectivity index (χ3v) is 6.22. The van der Waals surface area contributed by atoms with Crippen LogP contribution in [0.3, 0.4) is 0 Å². The zero-order chi connectivity index (χ0) is 9.45. The van der Waals surface area contributed by atoms with Crippen LogP contribution in [0.5, 0.6) is 0 Å². The maximum absolute atomic E-state index is 2.42. The Bertz CT molecular complexity index is 295. The van der Waals surface area contributed by atoms with Crippen molar-refractivity contribution in [2.24, 2.45) is 35.5 Å². The van der Waals surface area contributed by atoms with Gasteiger partial charge in [0, 0.05) is 0 Å². The molecule has 0 heterocycles. The van der Waals surface area contributed by atoms with Crippen molar-refractivity contribution in [1.82, 2.24) is 0 Å². The number of fused-ring (bicyclic) bond motifs is 9. The molecular weight excluding hydrogens is 168 g/mol. The lowest BCUT2D eigenvalue weighted by Gasteiger charge is -2.35. The summed E-state index contributed by atoms with van der Waals surface area (Å²) in [4.78, 5) is 0. The fourth-order valence-electron chi connectivity index (χ4n) is 5.68. The molecule has 4 bridgehead atoms. The van der Waals surface area contributed by atoms with E-state index in [0.29, 0.717) is 0 Å². The first-order chi connectivity index (χ1) is 6.77. The van der Waals surface area contributed by atoms with Gasteiger partial charge in [-0.05, 0) is 75.0 Å². The van der Waals surface area contributed by atoms with E-state index in [9.17, 15) is 0 Å². The molecular formula is C14H20. The predicted molar refractivity (Wildman–Crippen MR) is 57.8 cm³/mol. The summed E-state index contributed by atoms with van der Waals surface area (Å²) >= 11 is 0. The molecule has 0 saturated heterocycles. The van der Waals surface area contributed by atoms with Crippen molar-refractivity contribution >= 4 is 0 Å². The van der Waals surface area contributed by atoms with Gasteiger partial charge in [0.15, 0.2) is 0 Å². The van der Waals surface area contributed by atoms with E-state index in [0.717, 1.165) is 35.5 Å². The molecule has 3 saturated carbocycles. The molecule has 0 N–H and O–H groups in total. The number of hydrogen-bond acceptors (Lipinski definition) is 0. The van der Waals surface area contributed by atoms with Crippen molar-refractivity contribution in [2.45, 2.75) is 39.5 Å². The Morgan fingerprint density at radius 1 is 0.786 bits per heavy atom. The lowest BCUT2D eigenvalue weighted by atomic mass is 9.69. The minimum absolute atomic E-state index is 1.03. The lowest BCUT2D eigenvalue weighted by molar-refractivity contribution is 0.195. The highest BCUT2D eigenvalue weighted by Gasteiger charge is 2.60. The van der Waals surface area contributed by atoms with Gasteiger partial charge in [-0.25, -0.2) is 0 Å². The van der Waals surface area contributed by atoms with E-state index in [2.05, 4.69) is 13.8 Å². The summed E-state index contributed by atoms with van der Waals surface area (Å²) in [5.41, 5.74) is 3.59. The largest absolute Gasteiger partial charge is 0.0707 e. The van der Waals surface area contributed by atoms with E-state index in [1.165, 1.54) is 0 Å².